The molecular weight excluding hydrogens is 691 g/mol. The summed E-state index contributed by atoms with van der Waals surface area (Å²) in [4.78, 5) is 42.1. The Morgan fingerprint density at radius 1 is 1.18 bits per heavy atom. The fourth-order valence-electron chi connectivity index (χ4n) is 7.04. The van der Waals surface area contributed by atoms with Gasteiger partial charge in [-0.2, -0.15) is 0 Å². The summed E-state index contributed by atoms with van der Waals surface area (Å²) in [5, 5.41) is 25.0. The summed E-state index contributed by atoms with van der Waals surface area (Å²) < 4.78 is 14.7. The van der Waals surface area contributed by atoms with Crippen molar-refractivity contribution in [3.05, 3.63) is 45.3 Å². The van der Waals surface area contributed by atoms with Crippen molar-refractivity contribution >= 4 is 40.3 Å². The lowest BCUT2D eigenvalue weighted by Crippen LogP contribution is -2.58. The van der Waals surface area contributed by atoms with E-state index in [0.29, 0.717) is 24.4 Å². The molecular formula is C32H45IN6O6. The van der Waals surface area contributed by atoms with Gasteiger partial charge in [-0.05, 0) is 66.3 Å². The Balaban J connectivity index is 1.48. The number of aliphatic hydroxyl groups is 1. The van der Waals surface area contributed by atoms with E-state index in [1.165, 1.54) is 11.6 Å². The lowest BCUT2D eigenvalue weighted by Gasteiger charge is -2.43. The van der Waals surface area contributed by atoms with Gasteiger partial charge in [0.05, 0.1) is 37.1 Å². The zero-order chi connectivity index (χ0) is 31.9. The number of aromatic nitrogens is 3. The van der Waals surface area contributed by atoms with Crippen molar-refractivity contribution in [2.24, 2.45) is 11.8 Å². The lowest BCUT2D eigenvalue weighted by atomic mass is 9.82. The van der Waals surface area contributed by atoms with Crippen LogP contribution in [0.15, 0.2) is 30.5 Å². The Morgan fingerprint density at radius 2 is 1.96 bits per heavy atom. The van der Waals surface area contributed by atoms with Crippen molar-refractivity contribution in [2.45, 2.75) is 102 Å². The van der Waals surface area contributed by atoms with Gasteiger partial charge in [0.2, 0.25) is 11.8 Å². The van der Waals surface area contributed by atoms with E-state index in [0.717, 1.165) is 54.9 Å². The minimum absolute atomic E-state index is 0.0216. The quantitative estimate of drug-likeness (QED) is 0.223. The molecule has 12 nitrogen and oxygen atoms in total. The minimum Gasteiger partial charge on any atom is -0.394 e. The second-order valence-corrected chi connectivity index (χ2v) is 13.5. The van der Waals surface area contributed by atoms with Crippen LogP contribution in [-0.4, -0.2) is 86.8 Å². The van der Waals surface area contributed by atoms with Crippen LogP contribution in [0, 0.1) is 15.4 Å². The highest BCUT2D eigenvalue weighted by molar-refractivity contribution is 14.1. The molecule has 1 saturated carbocycles. The molecule has 3 heterocycles. The predicted octanol–water partition coefficient (Wildman–Crippen LogP) is 3.19. The second kappa shape index (κ2) is 15.8. The zero-order valence-electron chi connectivity index (χ0n) is 26.1. The Hall–Kier alpha value is -2.62. The third-order valence-electron chi connectivity index (χ3n) is 9.23. The van der Waals surface area contributed by atoms with Gasteiger partial charge in [-0.3, -0.25) is 14.4 Å². The summed E-state index contributed by atoms with van der Waals surface area (Å²) in [6.45, 7) is 4.46. The average Bonchev–Trinajstić information content (AvgIpc) is 3.72. The van der Waals surface area contributed by atoms with Crippen LogP contribution in [0.25, 0.3) is 0 Å². The first-order valence-electron chi connectivity index (χ1n) is 16.2. The molecule has 1 aliphatic carbocycles. The number of ether oxygens (including phenoxy) is 2. The average molecular weight is 737 g/mol. The van der Waals surface area contributed by atoms with Gasteiger partial charge in [0.15, 0.2) is 6.23 Å². The van der Waals surface area contributed by atoms with Crippen LogP contribution in [0.1, 0.15) is 87.5 Å². The number of nitrogens with one attached hydrogen (secondary N) is 2. The molecule has 3 N–H and O–H groups in total. The molecule has 13 heteroatoms. The van der Waals surface area contributed by atoms with Crippen LogP contribution in [0.3, 0.4) is 0 Å². The maximum atomic E-state index is 14.3. The van der Waals surface area contributed by atoms with Gasteiger partial charge in [-0.1, -0.05) is 50.0 Å². The number of amides is 3. The van der Waals surface area contributed by atoms with Gasteiger partial charge in [0.25, 0.3) is 5.91 Å². The molecule has 3 aliphatic rings. The van der Waals surface area contributed by atoms with Gasteiger partial charge in [0, 0.05) is 29.6 Å². The zero-order valence-corrected chi connectivity index (χ0v) is 28.2. The molecule has 6 atom stereocenters. The molecule has 3 amide bonds. The maximum Gasteiger partial charge on any atom is 0.255 e. The molecule has 5 rings (SSSR count). The fourth-order valence-corrected chi connectivity index (χ4v) is 7.66. The molecule has 1 aromatic heterocycles. The van der Waals surface area contributed by atoms with Crippen LogP contribution in [0.5, 0.6) is 0 Å². The molecule has 45 heavy (non-hydrogen) atoms. The molecule has 6 unspecified atom stereocenters. The van der Waals surface area contributed by atoms with Crippen molar-refractivity contribution < 1.29 is 29.0 Å². The van der Waals surface area contributed by atoms with Crippen LogP contribution >= 0.6 is 22.6 Å². The first-order chi connectivity index (χ1) is 21.8. The summed E-state index contributed by atoms with van der Waals surface area (Å²) in [7, 11) is 0. The van der Waals surface area contributed by atoms with Crippen LogP contribution < -0.4 is 10.6 Å². The number of nitrogens with zero attached hydrogens (tertiary/aromatic N) is 4. The van der Waals surface area contributed by atoms with E-state index in [2.05, 4.69) is 50.5 Å². The monoisotopic (exact) mass is 736 g/mol. The summed E-state index contributed by atoms with van der Waals surface area (Å²) in [5.41, 5.74) is 1.01. The summed E-state index contributed by atoms with van der Waals surface area (Å²) in [5.74, 6) is -0.644. The van der Waals surface area contributed by atoms with Crippen molar-refractivity contribution in [1.29, 1.82) is 0 Å². The number of fused-ring (bicyclic) bond motifs is 1. The molecule has 0 bridgehead atoms. The van der Waals surface area contributed by atoms with E-state index in [4.69, 9.17) is 9.47 Å². The first kappa shape index (κ1) is 33.7. The molecule has 2 aromatic rings. The summed E-state index contributed by atoms with van der Waals surface area (Å²) >= 11 is 2.16. The maximum absolute atomic E-state index is 14.3. The van der Waals surface area contributed by atoms with E-state index in [1.54, 1.807) is 17.2 Å². The van der Waals surface area contributed by atoms with Gasteiger partial charge in [-0.15, -0.1) is 5.10 Å². The highest BCUT2D eigenvalue weighted by atomic mass is 127. The van der Waals surface area contributed by atoms with Gasteiger partial charge in [0.1, 0.15) is 17.8 Å². The van der Waals surface area contributed by atoms with Crippen molar-refractivity contribution in [3.63, 3.8) is 0 Å². The Kier molecular flexibility index (Phi) is 11.8. The molecule has 0 spiro atoms. The molecule has 246 valence electrons. The van der Waals surface area contributed by atoms with Gasteiger partial charge in [-0.25, -0.2) is 4.68 Å². The van der Waals surface area contributed by atoms with Crippen LogP contribution in [-0.2, 0) is 25.6 Å². The smallest absolute Gasteiger partial charge is 0.255 e. The number of carbonyl (C=O) groups excluding carboxylic acids is 3. The normalized spacial score (nSPS) is 25.7. The number of hydrogen-bond acceptors (Lipinski definition) is 8. The number of unbranched alkanes of at least 4 members (excludes halogenated alkanes) is 1. The molecule has 2 saturated heterocycles. The summed E-state index contributed by atoms with van der Waals surface area (Å²) in [6, 6.07) is 6.19. The Morgan fingerprint density at radius 3 is 2.67 bits per heavy atom. The van der Waals surface area contributed by atoms with Crippen LogP contribution in [0.4, 0.5) is 0 Å². The number of carbonyl (C=O) groups is 3. The highest BCUT2D eigenvalue weighted by Gasteiger charge is 2.50. The minimum atomic E-state index is -0.780. The third kappa shape index (κ3) is 7.86. The number of benzene rings is 1. The van der Waals surface area contributed by atoms with Crippen molar-refractivity contribution in [1.82, 2.24) is 30.5 Å². The van der Waals surface area contributed by atoms with E-state index in [1.807, 2.05) is 18.2 Å². The largest absolute Gasteiger partial charge is 0.394 e. The van der Waals surface area contributed by atoms with E-state index >= 15 is 0 Å². The van der Waals surface area contributed by atoms with Crippen molar-refractivity contribution in [3.8, 4) is 0 Å². The second-order valence-electron chi connectivity index (χ2n) is 12.4. The summed E-state index contributed by atoms with van der Waals surface area (Å²) in [6.07, 6.45) is 7.52. The highest BCUT2D eigenvalue weighted by Crippen LogP contribution is 2.39. The van der Waals surface area contributed by atoms with Gasteiger partial charge >= 0.3 is 0 Å². The third-order valence-corrected chi connectivity index (χ3v) is 10.2. The molecule has 2 aliphatic heterocycles. The first-order valence-corrected chi connectivity index (χ1v) is 17.3. The Labute approximate surface area is 278 Å². The number of rotatable bonds is 12. The van der Waals surface area contributed by atoms with E-state index < -0.39 is 24.4 Å². The molecule has 0 radical (unpaired) electrons. The van der Waals surface area contributed by atoms with Gasteiger partial charge < -0.3 is 30.1 Å². The number of halogens is 1. The molecule has 1 aromatic carbocycles. The van der Waals surface area contributed by atoms with E-state index in [-0.39, 0.29) is 48.8 Å². The predicted molar refractivity (Wildman–Crippen MR) is 174 cm³/mol. The lowest BCUT2D eigenvalue weighted by molar-refractivity contribution is -0.187. The van der Waals surface area contributed by atoms with Crippen LogP contribution in [0.2, 0.25) is 0 Å². The standard InChI is InChI=1S/C32H45IN6O6/c1-3-4-15-34-30(42)28(21-10-6-5-7-11-21)38(31(43)23-12-8-9-13-25(23)33)17-22-18-39(37-36-22)32-27(35-20(2)41)29-24(14-16-44-29)26(19-40)45-32/h8-9,12-13,18,21,24,26-29,32,40H,3-7,10-11,14-17,19H2,1-2H3,(H,34,42)(H,35,41). The molecule has 3 fully saturated rings. The number of hydrogen-bond donors (Lipinski definition) is 3. The Bertz CT molecular complexity index is 1320. The fraction of sp³-hybridized carbons (Fsp3) is 0.656. The topological polar surface area (TPSA) is 148 Å². The van der Waals surface area contributed by atoms with E-state index in [9.17, 15) is 19.5 Å². The number of aliphatic hydroxyl groups excluding tert-OH is 1. The SMILES string of the molecule is CCCCNC(=O)C(C1CCCCC1)N(Cc1cn(C2OC(CO)C3CCOC3C2NC(C)=O)nn1)C(=O)c1ccccc1I. The van der Waals surface area contributed by atoms with Crippen molar-refractivity contribution in [2.75, 3.05) is 19.8 Å².